The van der Waals surface area contributed by atoms with Crippen LogP contribution in [0.3, 0.4) is 0 Å². The van der Waals surface area contributed by atoms with Crippen LogP contribution in [-0.2, 0) is 29.2 Å². The van der Waals surface area contributed by atoms with Crippen LogP contribution >= 0.6 is 0 Å². The van der Waals surface area contributed by atoms with Crippen molar-refractivity contribution in [3.8, 4) is 0 Å². The van der Waals surface area contributed by atoms with Crippen molar-refractivity contribution >= 4 is 22.0 Å². The van der Waals surface area contributed by atoms with E-state index in [-0.39, 0.29) is 0 Å². The van der Waals surface area contributed by atoms with E-state index in [1.807, 2.05) is 0 Å². The lowest BCUT2D eigenvalue weighted by molar-refractivity contribution is -0.347. The first-order valence-electron chi connectivity index (χ1n) is 8.27. The average molecular weight is 549 g/mol. The standard InChI is InChI=1S/C14H14F11NO7S/c1-7(15)8(27)33-12(13(21,22)23,9(28)26-5-4-11(18,19)20)32-6-2-3-10(16,17)14(24,25)34(29,30)31/h1-6H2,(H,26,28)(H,29,30,31). The average Bonchev–Trinajstić information content (AvgIpc) is 2.60. The summed E-state index contributed by atoms with van der Waals surface area (Å²) in [7, 11) is -6.69. The third-order valence-electron chi connectivity index (χ3n) is 3.51. The number of halogens is 11. The summed E-state index contributed by atoms with van der Waals surface area (Å²) in [6, 6.07) is 0. The molecule has 0 bridgehead atoms. The molecule has 0 aromatic heterocycles. The van der Waals surface area contributed by atoms with Crippen LogP contribution in [0.25, 0.3) is 0 Å². The van der Waals surface area contributed by atoms with Gasteiger partial charge in [-0.1, -0.05) is 6.58 Å². The summed E-state index contributed by atoms with van der Waals surface area (Å²) in [5.74, 6) is -18.1. The molecule has 0 fully saturated rings. The number of ether oxygens (including phenoxy) is 2. The Bertz CT molecular complexity index is 870. The van der Waals surface area contributed by atoms with Crippen LogP contribution in [0.2, 0.25) is 0 Å². The fourth-order valence-corrected chi connectivity index (χ4v) is 2.35. The van der Waals surface area contributed by atoms with E-state index < -0.39 is 89.6 Å². The molecule has 0 spiro atoms. The smallest absolute Gasteiger partial charge is 0.410 e. The van der Waals surface area contributed by atoms with Crippen LogP contribution in [0, 0.1) is 0 Å². The van der Waals surface area contributed by atoms with Gasteiger partial charge in [-0.2, -0.15) is 56.7 Å². The van der Waals surface area contributed by atoms with E-state index in [2.05, 4.69) is 16.1 Å². The summed E-state index contributed by atoms with van der Waals surface area (Å²) in [4.78, 5) is 23.1. The fraction of sp³-hybridized carbons (Fsp3) is 0.714. The summed E-state index contributed by atoms with van der Waals surface area (Å²) < 4.78 is 179. The van der Waals surface area contributed by atoms with E-state index in [9.17, 15) is 66.3 Å². The molecule has 1 unspecified atom stereocenters. The minimum absolute atomic E-state index is 1.02. The number of alkyl halides is 10. The molecule has 1 amide bonds. The number of amides is 1. The molecule has 0 saturated heterocycles. The van der Waals surface area contributed by atoms with Crippen molar-refractivity contribution in [1.29, 1.82) is 0 Å². The molecule has 0 aromatic rings. The van der Waals surface area contributed by atoms with Gasteiger partial charge in [0.25, 0.3) is 0 Å². The summed E-state index contributed by atoms with van der Waals surface area (Å²) >= 11 is 0. The van der Waals surface area contributed by atoms with Crippen LogP contribution < -0.4 is 5.32 Å². The monoisotopic (exact) mass is 549 g/mol. The highest BCUT2D eigenvalue weighted by Crippen LogP contribution is 2.42. The van der Waals surface area contributed by atoms with Crippen molar-refractivity contribution in [2.45, 2.75) is 48.6 Å². The van der Waals surface area contributed by atoms with Gasteiger partial charge in [0.2, 0.25) is 5.83 Å². The van der Waals surface area contributed by atoms with E-state index >= 15 is 0 Å². The Morgan fingerprint density at radius 3 is 1.82 bits per heavy atom. The number of rotatable bonds is 12. The zero-order valence-corrected chi connectivity index (χ0v) is 17.0. The van der Waals surface area contributed by atoms with Gasteiger partial charge in [-0.15, -0.1) is 0 Å². The Kier molecular flexibility index (Phi) is 9.89. The number of hydrogen-bond donors (Lipinski definition) is 2. The number of esters is 1. The van der Waals surface area contributed by atoms with Gasteiger partial charge in [-0.25, -0.2) is 4.79 Å². The molecule has 0 heterocycles. The molecule has 0 aliphatic heterocycles. The van der Waals surface area contributed by atoms with Crippen molar-refractivity contribution in [1.82, 2.24) is 5.32 Å². The zero-order valence-electron chi connectivity index (χ0n) is 16.2. The van der Waals surface area contributed by atoms with Gasteiger partial charge in [-0.3, -0.25) is 9.35 Å². The Labute approximate surface area is 182 Å². The Balaban J connectivity index is 5.81. The van der Waals surface area contributed by atoms with Gasteiger partial charge >= 0.3 is 51.3 Å². The Morgan fingerprint density at radius 1 is 0.941 bits per heavy atom. The highest BCUT2D eigenvalue weighted by atomic mass is 32.2. The van der Waals surface area contributed by atoms with Crippen molar-refractivity contribution in [2.75, 3.05) is 13.2 Å². The second kappa shape index (κ2) is 10.6. The Morgan fingerprint density at radius 2 is 1.44 bits per heavy atom. The molecule has 20 heteroatoms. The van der Waals surface area contributed by atoms with Gasteiger partial charge in [0.05, 0.1) is 13.0 Å². The maximum atomic E-state index is 13.5. The zero-order chi connectivity index (χ0) is 27.4. The quantitative estimate of drug-likeness (QED) is 0.0959. The second-order valence-corrected chi connectivity index (χ2v) is 7.64. The van der Waals surface area contributed by atoms with Gasteiger partial charge < -0.3 is 14.8 Å². The highest BCUT2D eigenvalue weighted by Gasteiger charge is 2.67. The van der Waals surface area contributed by atoms with Crippen LogP contribution in [0.15, 0.2) is 12.4 Å². The molecule has 0 radical (unpaired) electrons. The first-order valence-corrected chi connectivity index (χ1v) is 9.71. The maximum absolute atomic E-state index is 13.5. The van der Waals surface area contributed by atoms with Gasteiger partial charge in [0.15, 0.2) is 0 Å². The van der Waals surface area contributed by atoms with Gasteiger partial charge in [0.1, 0.15) is 0 Å². The third-order valence-corrected chi connectivity index (χ3v) is 4.46. The molecular weight excluding hydrogens is 535 g/mol. The van der Waals surface area contributed by atoms with Crippen molar-refractivity contribution in [3.63, 3.8) is 0 Å². The van der Waals surface area contributed by atoms with E-state index in [4.69, 9.17) is 4.55 Å². The molecule has 200 valence electrons. The molecule has 8 nitrogen and oxygen atoms in total. The molecule has 0 aliphatic rings. The summed E-state index contributed by atoms with van der Waals surface area (Å²) in [6.07, 6.45) is -17.1. The second-order valence-electron chi connectivity index (χ2n) is 6.18. The lowest BCUT2D eigenvalue weighted by atomic mass is 10.2. The molecule has 0 aromatic carbocycles. The van der Waals surface area contributed by atoms with Crippen LogP contribution in [-0.4, -0.2) is 67.3 Å². The first kappa shape index (κ1) is 31.8. The number of carbonyl (C=O) groups is 2. The highest BCUT2D eigenvalue weighted by molar-refractivity contribution is 7.87. The van der Waals surface area contributed by atoms with Gasteiger partial charge in [0, 0.05) is 13.0 Å². The third kappa shape index (κ3) is 7.93. The summed E-state index contributed by atoms with van der Waals surface area (Å²) in [5, 5.41) is -5.08. The Hall–Kier alpha value is -2.22. The minimum Gasteiger partial charge on any atom is -0.410 e. The maximum Gasteiger partial charge on any atom is 0.466 e. The molecule has 34 heavy (non-hydrogen) atoms. The lowest BCUT2D eigenvalue weighted by Crippen LogP contribution is -2.62. The van der Waals surface area contributed by atoms with E-state index in [1.165, 1.54) is 0 Å². The van der Waals surface area contributed by atoms with Crippen LogP contribution in [0.1, 0.15) is 19.3 Å². The first-order chi connectivity index (χ1) is 14.9. The van der Waals surface area contributed by atoms with Crippen molar-refractivity contribution in [3.05, 3.63) is 12.4 Å². The van der Waals surface area contributed by atoms with Crippen LogP contribution in [0.5, 0.6) is 0 Å². The minimum atomic E-state index is -6.69. The normalized spacial score (nSPS) is 15.4. The molecule has 2 N–H and O–H groups in total. The van der Waals surface area contributed by atoms with E-state index in [0.717, 1.165) is 5.32 Å². The van der Waals surface area contributed by atoms with E-state index in [1.54, 1.807) is 0 Å². The number of hydrogen-bond acceptors (Lipinski definition) is 6. The van der Waals surface area contributed by atoms with E-state index in [0.29, 0.717) is 0 Å². The molecule has 0 saturated carbocycles. The number of carbonyl (C=O) groups excluding carboxylic acids is 2. The van der Waals surface area contributed by atoms with Crippen molar-refractivity contribution < 1.29 is 80.3 Å². The number of nitrogens with one attached hydrogen (secondary N) is 1. The fourth-order valence-electron chi connectivity index (χ4n) is 1.87. The molecule has 1 atom stereocenters. The summed E-state index contributed by atoms with van der Waals surface area (Å²) in [6.45, 7) is -1.16. The van der Waals surface area contributed by atoms with Gasteiger partial charge in [-0.05, 0) is 6.42 Å². The molecule has 0 rings (SSSR count). The summed E-state index contributed by atoms with van der Waals surface area (Å²) in [5.41, 5.74) is 0. The molecular formula is C14H14F11NO7S. The SMILES string of the molecule is C=C(F)C(=O)OC(OCCCC(F)(F)C(F)(F)S(=O)(=O)O)(C(=O)NCCC(F)(F)F)C(F)(F)F. The van der Waals surface area contributed by atoms with Crippen LogP contribution in [0.4, 0.5) is 48.3 Å². The molecule has 0 aliphatic carbocycles. The van der Waals surface area contributed by atoms with Crippen molar-refractivity contribution in [2.24, 2.45) is 0 Å². The predicted molar refractivity (Wildman–Crippen MR) is 85.4 cm³/mol. The topological polar surface area (TPSA) is 119 Å². The predicted octanol–water partition coefficient (Wildman–Crippen LogP) is 3.25. The lowest BCUT2D eigenvalue weighted by Gasteiger charge is -2.33. The largest absolute Gasteiger partial charge is 0.466 e.